The number of hydrogen-bond acceptors (Lipinski definition) is 0. The van der Waals surface area contributed by atoms with Crippen molar-refractivity contribution < 1.29 is 4.57 Å². The van der Waals surface area contributed by atoms with E-state index in [2.05, 4.69) is 93.1 Å². The molecule has 142 valence electrons. The molecule has 2 heterocycles. The van der Waals surface area contributed by atoms with Crippen LogP contribution in [0.2, 0.25) is 0 Å². The van der Waals surface area contributed by atoms with E-state index in [0.29, 0.717) is 0 Å². The summed E-state index contributed by atoms with van der Waals surface area (Å²) in [5.74, 6) is 0. The molecule has 0 N–H and O–H groups in total. The van der Waals surface area contributed by atoms with E-state index in [4.69, 9.17) is 0 Å². The number of hydrogen-bond donors (Lipinski definition) is 0. The van der Waals surface area contributed by atoms with Crippen LogP contribution in [0.4, 0.5) is 0 Å². The van der Waals surface area contributed by atoms with Gasteiger partial charge in [-0.3, -0.25) is 0 Å². The lowest BCUT2D eigenvalue weighted by Crippen LogP contribution is -2.31. The van der Waals surface area contributed by atoms with Gasteiger partial charge in [0.05, 0.1) is 10.9 Å². The van der Waals surface area contributed by atoms with Crippen molar-refractivity contribution in [2.75, 3.05) is 0 Å². The van der Waals surface area contributed by atoms with E-state index < -0.39 is 0 Å². The van der Waals surface area contributed by atoms with Gasteiger partial charge >= 0.3 is 0 Å². The third-order valence-electron chi connectivity index (χ3n) is 6.37. The lowest BCUT2D eigenvalue weighted by atomic mass is 9.84. The monoisotopic (exact) mass is 376 g/mol. The fourth-order valence-corrected chi connectivity index (χ4v) is 5.45. The lowest BCUT2D eigenvalue weighted by Gasteiger charge is -2.20. The summed E-state index contributed by atoms with van der Waals surface area (Å²) in [4.78, 5) is 0. The van der Waals surface area contributed by atoms with Crippen LogP contribution in [-0.2, 0) is 13.0 Å². The highest BCUT2D eigenvalue weighted by atomic mass is 15.0. The first-order valence-corrected chi connectivity index (χ1v) is 10.6. The maximum Gasteiger partial charge on any atom is 0.222 e. The third kappa shape index (κ3) is 2.43. The second-order valence-corrected chi connectivity index (χ2v) is 10.0. The highest BCUT2D eigenvalue weighted by molar-refractivity contribution is 6.12. The fraction of sp³-hybridized carbons (Fsp3) is 0.250. The van der Waals surface area contributed by atoms with E-state index in [-0.39, 0.29) is 5.41 Å². The summed E-state index contributed by atoms with van der Waals surface area (Å²) >= 11 is 0. The first kappa shape index (κ1) is 17.0. The van der Waals surface area contributed by atoms with E-state index in [1.807, 2.05) is 0 Å². The molecule has 3 aromatic carbocycles. The Bertz CT molecular complexity index is 1340. The van der Waals surface area contributed by atoms with Crippen LogP contribution in [0, 0.1) is 12.3 Å². The number of fused-ring (bicyclic) bond motifs is 3. The zero-order valence-corrected chi connectivity index (χ0v) is 17.6. The van der Waals surface area contributed by atoms with Gasteiger partial charge in [0.25, 0.3) is 0 Å². The molecule has 2 aliphatic rings. The molecule has 0 saturated carbocycles. The van der Waals surface area contributed by atoms with Gasteiger partial charge in [-0.2, -0.15) is 4.57 Å². The van der Waals surface area contributed by atoms with E-state index in [9.17, 15) is 0 Å². The van der Waals surface area contributed by atoms with Crippen molar-refractivity contribution in [1.82, 2.24) is 0 Å². The minimum Gasteiger partial charge on any atom is -0.193 e. The van der Waals surface area contributed by atoms with Crippen LogP contribution < -0.4 is 4.57 Å². The third-order valence-corrected chi connectivity index (χ3v) is 6.37. The topological polar surface area (TPSA) is 3.88 Å². The highest BCUT2D eigenvalue weighted by Gasteiger charge is 2.36. The Morgan fingerprint density at radius 2 is 1.62 bits per heavy atom. The van der Waals surface area contributed by atoms with E-state index >= 15 is 0 Å². The maximum atomic E-state index is 2.47. The van der Waals surface area contributed by atoms with E-state index in [1.165, 1.54) is 61.0 Å². The lowest BCUT2D eigenvalue weighted by molar-refractivity contribution is -0.670. The van der Waals surface area contributed by atoms with Crippen molar-refractivity contribution in [1.29, 1.82) is 0 Å². The molecule has 0 fully saturated rings. The Labute approximate surface area is 172 Å². The predicted molar refractivity (Wildman–Crippen MR) is 121 cm³/mol. The van der Waals surface area contributed by atoms with Gasteiger partial charge in [0.15, 0.2) is 12.7 Å². The number of pyridine rings is 1. The van der Waals surface area contributed by atoms with Crippen LogP contribution >= 0.6 is 0 Å². The molecule has 0 unspecified atom stereocenters. The molecule has 1 aromatic heterocycles. The molecule has 29 heavy (non-hydrogen) atoms. The van der Waals surface area contributed by atoms with Crippen molar-refractivity contribution in [3.8, 4) is 33.5 Å². The highest BCUT2D eigenvalue weighted by Crippen LogP contribution is 2.49. The van der Waals surface area contributed by atoms with Gasteiger partial charge in [-0.05, 0) is 63.6 Å². The Morgan fingerprint density at radius 3 is 2.38 bits per heavy atom. The number of rotatable bonds is 1. The Hall–Kier alpha value is -2.93. The number of nitrogens with zero attached hydrogens (tertiary/aromatic N) is 1. The van der Waals surface area contributed by atoms with Crippen molar-refractivity contribution >= 4 is 10.8 Å². The Kier molecular flexibility index (Phi) is 3.26. The molecule has 1 heteroatoms. The molecule has 0 atom stereocenters. The Morgan fingerprint density at radius 1 is 0.862 bits per heavy atom. The molecule has 0 saturated heterocycles. The van der Waals surface area contributed by atoms with Gasteiger partial charge in [-0.15, -0.1) is 0 Å². The molecule has 1 nitrogen and oxygen atoms in total. The number of aromatic nitrogens is 1. The molecule has 6 rings (SSSR count). The molecule has 0 amide bonds. The molecular formula is C28H26N+. The van der Waals surface area contributed by atoms with Crippen LogP contribution in [0.15, 0.2) is 60.8 Å². The average Bonchev–Trinajstić information content (AvgIpc) is 2.98. The summed E-state index contributed by atoms with van der Waals surface area (Å²) in [6, 6.07) is 20.9. The minimum absolute atomic E-state index is 0.275. The maximum absolute atomic E-state index is 2.47. The largest absolute Gasteiger partial charge is 0.222 e. The van der Waals surface area contributed by atoms with E-state index in [0.717, 1.165) is 13.0 Å². The van der Waals surface area contributed by atoms with Crippen LogP contribution in [0.3, 0.4) is 0 Å². The van der Waals surface area contributed by atoms with Crippen LogP contribution in [0.1, 0.15) is 37.5 Å². The second-order valence-electron chi connectivity index (χ2n) is 10.0. The number of aryl methyl sites for hydroxylation is 1. The van der Waals surface area contributed by atoms with Crippen molar-refractivity contribution in [3.63, 3.8) is 0 Å². The summed E-state index contributed by atoms with van der Waals surface area (Å²) in [6.45, 7) is 10.2. The van der Waals surface area contributed by atoms with Crippen molar-refractivity contribution in [2.24, 2.45) is 5.41 Å². The van der Waals surface area contributed by atoms with Crippen molar-refractivity contribution in [3.05, 3.63) is 77.5 Å². The normalized spacial score (nSPS) is 13.5. The zero-order chi connectivity index (χ0) is 19.9. The molecule has 4 aromatic rings. The minimum atomic E-state index is 0.275. The van der Waals surface area contributed by atoms with Gasteiger partial charge in [0.2, 0.25) is 5.69 Å². The van der Waals surface area contributed by atoms with E-state index in [1.54, 1.807) is 0 Å². The quantitative estimate of drug-likeness (QED) is 0.281. The smallest absolute Gasteiger partial charge is 0.193 e. The molecular weight excluding hydrogens is 350 g/mol. The van der Waals surface area contributed by atoms with Gasteiger partial charge in [0.1, 0.15) is 0 Å². The van der Waals surface area contributed by atoms with Gasteiger partial charge in [-0.1, -0.05) is 63.2 Å². The standard InChI is InChI=1S/C28H26N/c1-17-11-19-9-10-29-16-20-13-18(15-28(2,3)4)14-24-22-8-6-5-7-21(22)23(12-17)25(19)27(29)26(20)24/h5-14H,15-16H2,1-4H3/q+1. The van der Waals surface area contributed by atoms with Gasteiger partial charge < -0.3 is 0 Å². The summed E-state index contributed by atoms with van der Waals surface area (Å²) in [5, 5.41) is 2.76. The summed E-state index contributed by atoms with van der Waals surface area (Å²) in [7, 11) is 0. The average molecular weight is 377 g/mol. The van der Waals surface area contributed by atoms with Gasteiger partial charge in [-0.25, -0.2) is 0 Å². The van der Waals surface area contributed by atoms with Crippen LogP contribution in [0.5, 0.6) is 0 Å². The summed E-state index contributed by atoms with van der Waals surface area (Å²) < 4.78 is 2.46. The molecule has 1 aliphatic carbocycles. The zero-order valence-electron chi connectivity index (χ0n) is 17.6. The molecule has 0 bridgehead atoms. The van der Waals surface area contributed by atoms with Crippen LogP contribution in [0.25, 0.3) is 44.3 Å². The SMILES string of the molecule is Cc1cc2c3c4[n+](ccc3c1)Cc1cc(CC(C)(C)C)cc(c1-4)-c1ccccc1-2. The van der Waals surface area contributed by atoms with Crippen molar-refractivity contribution in [2.45, 2.75) is 40.7 Å². The predicted octanol–water partition coefficient (Wildman–Crippen LogP) is 6.70. The first-order valence-electron chi connectivity index (χ1n) is 10.6. The van der Waals surface area contributed by atoms with Gasteiger partial charge in [0, 0.05) is 11.6 Å². The second kappa shape index (κ2) is 5.57. The molecule has 0 spiro atoms. The molecule has 0 radical (unpaired) electrons. The number of benzene rings is 3. The summed E-state index contributed by atoms with van der Waals surface area (Å²) in [5.41, 5.74) is 12.9. The Balaban J connectivity index is 1.79. The van der Waals surface area contributed by atoms with Crippen LogP contribution in [-0.4, -0.2) is 0 Å². The fourth-order valence-electron chi connectivity index (χ4n) is 5.45. The summed E-state index contributed by atoms with van der Waals surface area (Å²) in [6.07, 6.45) is 3.38. The molecule has 1 aliphatic heterocycles. The first-order chi connectivity index (χ1) is 13.9.